The highest BCUT2D eigenvalue weighted by molar-refractivity contribution is 7.89. The first-order valence-corrected chi connectivity index (χ1v) is 12.2. The molecule has 3 aromatic rings. The molecule has 0 radical (unpaired) electrons. The van der Waals surface area contributed by atoms with Crippen LogP contribution >= 0.6 is 0 Å². The number of nitrogens with zero attached hydrogens (tertiary/aromatic N) is 1. The standard InChI is InChI=1S/C24H26N2O5S/c1-16-22(20-11-4-5-12-21(20)25-16)23(27)17(2)31-24(28)18-9-8-10-19(15-18)32(29,30)26-13-6-3-7-14-26/h4-5,8-12,15,17,25H,3,6-7,13-14H2,1-2H3. The van der Waals surface area contributed by atoms with Crippen LogP contribution in [-0.4, -0.2) is 48.7 Å². The van der Waals surface area contributed by atoms with Gasteiger partial charge in [-0.3, -0.25) is 4.79 Å². The number of nitrogens with one attached hydrogen (secondary N) is 1. The van der Waals surface area contributed by atoms with Gasteiger partial charge in [-0.1, -0.05) is 30.7 Å². The summed E-state index contributed by atoms with van der Waals surface area (Å²) in [7, 11) is -3.67. The number of Topliss-reactive ketones (excluding diaryl/α,β-unsaturated/α-hetero) is 1. The summed E-state index contributed by atoms with van der Waals surface area (Å²) < 4.78 is 32.7. The SMILES string of the molecule is Cc1[nH]c2ccccc2c1C(=O)C(C)OC(=O)c1cccc(S(=O)(=O)N2CCCCC2)c1. The molecule has 32 heavy (non-hydrogen) atoms. The van der Waals surface area contributed by atoms with E-state index in [1.807, 2.05) is 24.3 Å². The maximum Gasteiger partial charge on any atom is 0.338 e. The van der Waals surface area contributed by atoms with Crippen molar-refractivity contribution in [3.8, 4) is 0 Å². The Hall–Kier alpha value is -2.97. The maximum atomic E-state index is 13.0. The molecule has 1 aromatic heterocycles. The van der Waals surface area contributed by atoms with Gasteiger partial charge in [-0.25, -0.2) is 13.2 Å². The van der Waals surface area contributed by atoms with Crippen LogP contribution < -0.4 is 0 Å². The maximum absolute atomic E-state index is 13.0. The molecule has 0 spiro atoms. The van der Waals surface area contributed by atoms with Crippen LogP contribution in [0.4, 0.5) is 0 Å². The minimum absolute atomic E-state index is 0.0558. The molecule has 0 bridgehead atoms. The van der Waals surface area contributed by atoms with Crippen LogP contribution in [0, 0.1) is 6.92 Å². The predicted molar refractivity (Wildman–Crippen MR) is 121 cm³/mol. The van der Waals surface area contributed by atoms with Gasteiger partial charge < -0.3 is 9.72 Å². The molecule has 1 aliphatic heterocycles. The monoisotopic (exact) mass is 454 g/mol. The van der Waals surface area contributed by atoms with Crippen LogP contribution in [0.5, 0.6) is 0 Å². The van der Waals surface area contributed by atoms with E-state index in [-0.39, 0.29) is 16.2 Å². The number of aromatic nitrogens is 1. The van der Waals surface area contributed by atoms with E-state index in [2.05, 4.69) is 4.98 Å². The summed E-state index contributed by atoms with van der Waals surface area (Å²) in [4.78, 5) is 29.0. The molecule has 0 saturated carbocycles. The normalized spacial score (nSPS) is 16.1. The number of sulfonamides is 1. The first-order chi connectivity index (χ1) is 15.3. The molecule has 2 aromatic carbocycles. The molecule has 1 N–H and O–H groups in total. The number of piperidine rings is 1. The van der Waals surface area contributed by atoms with Crippen molar-refractivity contribution in [1.29, 1.82) is 0 Å². The Kier molecular flexibility index (Phi) is 6.17. The van der Waals surface area contributed by atoms with E-state index < -0.39 is 22.1 Å². The third-order valence-electron chi connectivity index (χ3n) is 5.82. The second kappa shape index (κ2) is 8.88. The number of aromatic amines is 1. The van der Waals surface area contributed by atoms with Gasteiger partial charge in [0, 0.05) is 35.2 Å². The Labute approximate surface area is 187 Å². The Bertz CT molecular complexity index is 1270. The van der Waals surface area contributed by atoms with Crippen LogP contribution in [0.2, 0.25) is 0 Å². The van der Waals surface area contributed by atoms with E-state index in [1.165, 1.54) is 35.5 Å². The van der Waals surface area contributed by atoms with Gasteiger partial charge in [0.05, 0.1) is 10.5 Å². The third kappa shape index (κ3) is 4.20. The fourth-order valence-corrected chi connectivity index (χ4v) is 5.68. The third-order valence-corrected chi connectivity index (χ3v) is 7.71. The van der Waals surface area contributed by atoms with Gasteiger partial charge in [0.2, 0.25) is 15.8 Å². The summed E-state index contributed by atoms with van der Waals surface area (Å²) in [5, 5.41) is 0.771. The molecular formula is C24H26N2O5S. The number of H-pyrrole nitrogens is 1. The second-order valence-electron chi connectivity index (χ2n) is 8.07. The number of benzene rings is 2. The van der Waals surface area contributed by atoms with Gasteiger partial charge in [0.1, 0.15) is 0 Å². The van der Waals surface area contributed by atoms with Crippen LogP contribution in [0.1, 0.15) is 52.6 Å². The number of carbonyl (C=O) groups excluding carboxylic acids is 2. The molecule has 168 valence electrons. The molecule has 1 aliphatic rings. The van der Waals surface area contributed by atoms with E-state index in [9.17, 15) is 18.0 Å². The van der Waals surface area contributed by atoms with E-state index >= 15 is 0 Å². The lowest BCUT2D eigenvalue weighted by molar-refractivity contribution is 0.0319. The molecule has 1 fully saturated rings. The van der Waals surface area contributed by atoms with Crippen LogP contribution in [0.15, 0.2) is 53.4 Å². The Morgan fingerprint density at radius 3 is 2.50 bits per heavy atom. The lowest BCUT2D eigenvalue weighted by Gasteiger charge is -2.26. The molecule has 8 heteroatoms. The van der Waals surface area contributed by atoms with E-state index in [4.69, 9.17) is 4.74 Å². The first-order valence-electron chi connectivity index (χ1n) is 10.7. The highest BCUT2D eigenvalue weighted by Crippen LogP contribution is 2.25. The minimum Gasteiger partial charge on any atom is -0.451 e. The summed E-state index contributed by atoms with van der Waals surface area (Å²) in [5.74, 6) is -1.05. The number of esters is 1. The summed E-state index contributed by atoms with van der Waals surface area (Å²) in [6, 6.07) is 13.2. The molecule has 2 heterocycles. The molecule has 0 aliphatic carbocycles. The fourth-order valence-electron chi connectivity index (χ4n) is 4.12. The number of para-hydroxylation sites is 1. The van der Waals surface area contributed by atoms with Crippen molar-refractivity contribution in [3.63, 3.8) is 0 Å². The smallest absolute Gasteiger partial charge is 0.338 e. The van der Waals surface area contributed by atoms with Crippen molar-refractivity contribution in [2.75, 3.05) is 13.1 Å². The number of hydrogen-bond donors (Lipinski definition) is 1. The minimum atomic E-state index is -3.67. The average molecular weight is 455 g/mol. The second-order valence-corrected chi connectivity index (χ2v) is 10.0. The molecule has 4 rings (SSSR count). The molecule has 1 atom stereocenters. The van der Waals surface area contributed by atoms with Gasteiger partial charge in [-0.15, -0.1) is 0 Å². The lowest BCUT2D eigenvalue weighted by Crippen LogP contribution is -2.35. The molecule has 1 unspecified atom stereocenters. The van der Waals surface area contributed by atoms with Crippen molar-refractivity contribution < 1.29 is 22.7 Å². The molecular weight excluding hydrogens is 428 g/mol. The van der Waals surface area contributed by atoms with Gasteiger partial charge in [0.25, 0.3) is 0 Å². The summed E-state index contributed by atoms with van der Waals surface area (Å²) in [5.41, 5.74) is 2.12. The number of hydrogen-bond acceptors (Lipinski definition) is 5. The van der Waals surface area contributed by atoms with Crippen molar-refractivity contribution in [2.24, 2.45) is 0 Å². The van der Waals surface area contributed by atoms with E-state index in [1.54, 1.807) is 6.92 Å². The highest BCUT2D eigenvalue weighted by Gasteiger charge is 2.28. The number of carbonyl (C=O) groups is 2. The topological polar surface area (TPSA) is 96.5 Å². The Morgan fingerprint density at radius 1 is 1.03 bits per heavy atom. The van der Waals surface area contributed by atoms with Crippen molar-refractivity contribution >= 4 is 32.7 Å². The number of ketones is 1. The van der Waals surface area contributed by atoms with E-state index in [0.29, 0.717) is 24.3 Å². The van der Waals surface area contributed by atoms with Crippen molar-refractivity contribution in [3.05, 3.63) is 65.4 Å². The summed E-state index contributed by atoms with van der Waals surface area (Å²) in [6.07, 6.45) is 1.64. The van der Waals surface area contributed by atoms with Gasteiger partial charge in [-0.05, 0) is 51.0 Å². The predicted octanol–water partition coefficient (Wildman–Crippen LogP) is 4.08. The number of ether oxygens (including phenoxy) is 1. The van der Waals surface area contributed by atoms with Crippen molar-refractivity contribution in [1.82, 2.24) is 9.29 Å². The summed E-state index contributed by atoms with van der Waals surface area (Å²) >= 11 is 0. The quantitative estimate of drug-likeness (QED) is 0.447. The highest BCUT2D eigenvalue weighted by atomic mass is 32.2. The van der Waals surface area contributed by atoms with Gasteiger partial charge in [0.15, 0.2) is 6.10 Å². The van der Waals surface area contributed by atoms with Crippen LogP contribution in [-0.2, 0) is 14.8 Å². The molecule has 7 nitrogen and oxygen atoms in total. The van der Waals surface area contributed by atoms with Crippen LogP contribution in [0.25, 0.3) is 10.9 Å². The van der Waals surface area contributed by atoms with Gasteiger partial charge in [-0.2, -0.15) is 4.31 Å². The summed E-state index contributed by atoms with van der Waals surface area (Å²) in [6.45, 7) is 4.28. The van der Waals surface area contributed by atoms with Crippen LogP contribution in [0.3, 0.4) is 0 Å². The first kappa shape index (κ1) is 22.2. The Morgan fingerprint density at radius 2 is 1.75 bits per heavy atom. The molecule has 1 saturated heterocycles. The number of rotatable bonds is 6. The van der Waals surface area contributed by atoms with Crippen molar-refractivity contribution in [2.45, 2.75) is 44.1 Å². The largest absolute Gasteiger partial charge is 0.451 e. The zero-order chi connectivity index (χ0) is 22.9. The number of fused-ring (bicyclic) bond motifs is 1. The van der Waals surface area contributed by atoms with E-state index in [0.717, 1.165) is 30.2 Å². The lowest BCUT2D eigenvalue weighted by atomic mass is 10.0. The number of aryl methyl sites for hydroxylation is 1. The zero-order valence-electron chi connectivity index (χ0n) is 18.1. The zero-order valence-corrected chi connectivity index (χ0v) is 18.9. The average Bonchev–Trinajstić information content (AvgIpc) is 3.14. The fraction of sp³-hybridized carbons (Fsp3) is 0.333. The van der Waals surface area contributed by atoms with Gasteiger partial charge >= 0.3 is 5.97 Å². The Balaban J connectivity index is 1.53. The molecule has 0 amide bonds.